The minimum Gasteiger partial charge on any atom is -0.460 e. The third kappa shape index (κ3) is 4.71. The summed E-state index contributed by atoms with van der Waals surface area (Å²) in [5.74, 6) is -1.63. The number of Topliss-reactive ketones (excluding diaryl/α,β-unsaturated/α-hetero) is 1. The van der Waals surface area contributed by atoms with Crippen LogP contribution in [0.1, 0.15) is 59.1 Å². The van der Waals surface area contributed by atoms with Gasteiger partial charge in [-0.05, 0) is 76.1 Å². The number of ether oxygens (including phenoxy) is 1. The molecule has 3 aliphatic rings. The lowest BCUT2D eigenvalue weighted by Gasteiger charge is -2.50. The summed E-state index contributed by atoms with van der Waals surface area (Å²) < 4.78 is 34.3. The molecule has 1 saturated heterocycles. The topological polar surface area (TPSA) is 118 Å². The molecule has 3 heterocycles. The molecule has 1 amide bonds. The molecule has 2 aromatic rings. The van der Waals surface area contributed by atoms with Crippen molar-refractivity contribution >= 4 is 27.7 Å². The number of carbonyl (C=O) groups is 3. The van der Waals surface area contributed by atoms with Gasteiger partial charge in [-0.1, -0.05) is 0 Å². The molecule has 0 bridgehead atoms. The average Bonchev–Trinajstić information content (AvgIpc) is 3.59. The molecule has 1 aliphatic carbocycles. The normalized spacial score (nSPS) is 19.5. The first-order valence-corrected chi connectivity index (χ1v) is 14.2. The lowest BCUT2D eigenvalue weighted by atomic mass is 9.81. The Morgan fingerprint density at radius 1 is 1.00 bits per heavy atom. The summed E-state index contributed by atoms with van der Waals surface area (Å²) in [6.07, 6.45) is 3.05. The van der Waals surface area contributed by atoms with Gasteiger partial charge in [-0.2, -0.15) is 0 Å². The van der Waals surface area contributed by atoms with Gasteiger partial charge >= 0.3 is 5.97 Å². The highest BCUT2D eigenvalue weighted by molar-refractivity contribution is 7.89. The van der Waals surface area contributed by atoms with E-state index in [0.29, 0.717) is 50.3 Å². The SMILES string of the molecule is CCOC(=O)C(=O)c1ccc2n1CCN(C)C21CCN(C(=O)c2ccc(S(=O)(=O)NC3CC3)cc2)CC1. The van der Waals surface area contributed by atoms with E-state index in [9.17, 15) is 22.8 Å². The van der Waals surface area contributed by atoms with E-state index in [2.05, 4.69) is 16.7 Å². The first kappa shape index (κ1) is 25.6. The van der Waals surface area contributed by atoms with Gasteiger partial charge in [-0.15, -0.1) is 0 Å². The van der Waals surface area contributed by atoms with Crippen LogP contribution in [0, 0.1) is 0 Å². The molecule has 0 radical (unpaired) electrons. The van der Waals surface area contributed by atoms with Crippen molar-refractivity contribution in [3.8, 4) is 0 Å². The van der Waals surface area contributed by atoms with Crippen molar-refractivity contribution in [2.24, 2.45) is 0 Å². The maximum absolute atomic E-state index is 13.2. The Bertz CT molecular complexity index is 1320. The van der Waals surface area contributed by atoms with E-state index in [0.717, 1.165) is 18.5 Å². The van der Waals surface area contributed by atoms with Crippen molar-refractivity contribution in [3.63, 3.8) is 0 Å². The van der Waals surface area contributed by atoms with Crippen molar-refractivity contribution in [3.05, 3.63) is 53.3 Å². The zero-order valence-electron chi connectivity index (χ0n) is 21.1. The summed E-state index contributed by atoms with van der Waals surface area (Å²) in [5.41, 5.74) is 1.41. The molecule has 2 fully saturated rings. The molecule has 1 spiro atoms. The highest BCUT2D eigenvalue weighted by Gasteiger charge is 2.45. The summed E-state index contributed by atoms with van der Waals surface area (Å²) in [7, 11) is -1.51. The highest BCUT2D eigenvalue weighted by Crippen LogP contribution is 2.41. The van der Waals surface area contributed by atoms with Gasteiger partial charge in [0.1, 0.15) is 0 Å². The predicted octanol–water partition coefficient (Wildman–Crippen LogP) is 1.75. The number of fused-ring (bicyclic) bond motifs is 2. The van der Waals surface area contributed by atoms with Gasteiger partial charge in [0.15, 0.2) is 0 Å². The van der Waals surface area contributed by atoms with Crippen LogP contribution in [0.3, 0.4) is 0 Å². The first-order chi connectivity index (χ1) is 17.7. The van der Waals surface area contributed by atoms with Crippen molar-refractivity contribution in [1.29, 1.82) is 0 Å². The summed E-state index contributed by atoms with van der Waals surface area (Å²) in [4.78, 5) is 42.2. The smallest absolute Gasteiger partial charge is 0.381 e. The van der Waals surface area contributed by atoms with E-state index in [1.54, 1.807) is 30.0 Å². The fraction of sp³-hybridized carbons (Fsp3) is 0.500. The summed E-state index contributed by atoms with van der Waals surface area (Å²) in [6, 6.07) is 9.72. The molecule has 0 atom stereocenters. The molecule has 1 N–H and O–H groups in total. The lowest BCUT2D eigenvalue weighted by molar-refractivity contribution is -0.137. The number of aromatic nitrogens is 1. The van der Waals surface area contributed by atoms with Crippen molar-refractivity contribution < 1.29 is 27.5 Å². The maximum Gasteiger partial charge on any atom is 0.381 e. The lowest BCUT2D eigenvalue weighted by Crippen LogP contribution is -2.56. The molecule has 0 unspecified atom stereocenters. The molecule has 11 heteroatoms. The van der Waals surface area contributed by atoms with E-state index in [1.165, 1.54) is 12.1 Å². The summed E-state index contributed by atoms with van der Waals surface area (Å²) in [6.45, 7) is 4.14. The number of amides is 1. The van der Waals surface area contributed by atoms with Crippen LogP contribution in [0.25, 0.3) is 0 Å². The van der Waals surface area contributed by atoms with Crippen molar-refractivity contribution in [2.75, 3.05) is 33.3 Å². The van der Waals surface area contributed by atoms with E-state index >= 15 is 0 Å². The number of benzene rings is 1. The number of hydrogen-bond donors (Lipinski definition) is 1. The third-order valence-electron chi connectivity index (χ3n) is 7.73. The number of carbonyl (C=O) groups excluding carboxylic acids is 3. The van der Waals surface area contributed by atoms with Crippen LogP contribution in [-0.2, 0) is 31.6 Å². The van der Waals surface area contributed by atoms with E-state index in [-0.39, 0.29) is 29.0 Å². The van der Waals surface area contributed by atoms with Gasteiger partial charge in [-0.3, -0.25) is 14.5 Å². The molecule has 1 aromatic carbocycles. The number of nitrogens with zero attached hydrogens (tertiary/aromatic N) is 3. The monoisotopic (exact) mass is 528 g/mol. The van der Waals surface area contributed by atoms with Gasteiger partial charge in [-0.25, -0.2) is 17.9 Å². The second-order valence-corrected chi connectivity index (χ2v) is 11.7. The number of hydrogen-bond acceptors (Lipinski definition) is 7. The number of piperidine rings is 1. The largest absolute Gasteiger partial charge is 0.460 e. The van der Waals surface area contributed by atoms with Crippen LogP contribution >= 0.6 is 0 Å². The minimum atomic E-state index is -3.57. The number of rotatable bonds is 7. The van der Waals surface area contributed by atoms with E-state index in [4.69, 9.17) is 4.74 Å². The van der Waals surface area contributed by atoms with Crippen LogP contribution in [0.15, 0.2) is 41.3 Å². The van der Waals surface area contributed by atoms with Crippen LogP contribution in [0.2, 0.25) is 0 Å². The van der Waals surface area contributed by atoms with Gasteiger partial charge < -0.3 is 14.2 Å². The molecule has 1 aromatic heterocycles. The quantitative estimate of drug-likeness (QED) is 0.331. The second kappa shape index (κ2) is 9.70. The molecular formula is C26H32N4O6S. The number of likely N-dealkylation sites (N-methyl/N-ethyl adjacent to an activating group) is 1. The van der Waals surface area contributed by atoms with Crippen molar-refractivity contribution in [1.82, 2.24) is 19.1 Å². The predicted molar refractivity (Wildman–Crippen MR) is 135 cm³/mol. The molecular weight excluding hydrogens is 496 g/mol. The molecule has 5 rings (SSSR count). The standard InChI is InChI=1S/C26H32N4O6S/c1-3-36-25(33)23(31)21-10-11-22-26(28(2)16-17-30(21)22)12-14-29(15-13-26)24(32)18-4-8-20(9-5-18)37(34,35)27-19-6-7-19/h4-5,8-11,19,27H,3,6-7,12-17H2,1-2H3. The molecule has 198 valence electrons. The zero-order valence-corrected chi connectivity index (χ0v) is 21.9. The molecule has 10 nitrogen and oxygen atoms in total. The fourth-order valence-electron chi connectivity index (χ4n) is 5.44. The Kier molecular flexibility index (Phi) is 6.71. The van der Waals surface area contributed by atoms with Crippen LogP contribution in [0.4, 0.5) is 0 Å². The summed E-state index contributed by atoms with van der Waals surface area (Å²) in [5, 5.41) is 0. The fourth-order valence-corrected chi connectivity index (χ4v) is 6.74. The Hall–Kier alpha value is -3.02. The minimum absolute atomic E-state index is 0.0189. The number of esters is 1. The van der Waals surface area contributed by atoms with E-state index < -0.39 is 21.8 Å². The first-order valence-electron chi connectivity index (χ1n) is 12.7. The van der Waals surface area contributed by atoms with Gasteiger partial charge in [0.05, 0.1) is 22.7 Å². The number of ketones is 1. The highest BCUT2D eigenvalue weighted by atomic mass is 32.2. The number of sulfonamides is 1. The Labute approximate surface area is 216 Å². The Morgan fingerprint density at radius 2 is 1.68 bits per heavy atom. The van der Waals surface area contributed by atoms with Gasteiger partial charge in [0.2, 0.25) is 10.0 Å². The van der Waals surface area contributed by atoms with Crippen LogP contribution < -0.4 is 4.72 Å². The Balaban J connectivity index is 1.30. The van der Waals surface area contributed by atoms with Gasteiger partial charge in [0.25, 0.3) is 11.7 Å². The molecule has 2 aliphatic heterocycles. The molecule has 1 saturated carbocycles. The third-order valence-corrected chi connectivity index (χ3v) is 9.27. The van der Waals surface area contributed by atoms with Crippen LogP contribution in [-0.4, -0.2) is 79.8 Å². The average molecular weight is 529 g/mol. The van der Waals surface area contributed by atoms with E-state index in [1.807, 2.05) is 10.6 Å². The number of nitrogens with one attached hydrogen (secondary N) is 1. The number of likely N-dealkylation sites (tertiary alicyclic amines) is 1. The zero-order chi connectivity index (χ0) is 26.4. The summed E-state index contributed by atoms with van der Waals surface area (Å²) >= 11 is 0. The second-order valence-electron chi connectivity index (χ2n) is 9.97. The van der Waals surface area contributed by atoms with Gasteiger partial charge in [0, 0.05) is 43.5 Å². The maximum atomic E-state index is 13.2. The van der Waals surface area contributed by atoms with Crippen LogP contribution in [0.5, 0.6) is 0 Å². The molecule has 37 heavy (non-hydrogen) atoms. The Morgan fingerprint density at radius 3 is 2.30 bits per heavy atom. The van der Waals surface area contributed by atoms with Crippen molar-refractivity contribution in [2.45, 2.75) is 55.6 Å².